The Morgan fingerprint density at radius 3 is 3.00 bits per heavy atom. The normalized spacial score (nSPS) is 12.3. The number of nitrogens with one attached hydrogen (secondary N) is 1. The number of rotatable bonds is 5. The smallest absolute Gasteiger partial charge is 0.141 e. The molecule has 1 unspecified atom stereocenters. The molecule has 1 aromatic heterocycles. The van der Waals surface area contributed by atoms with E-state index >= 15 is 0 Å². The highest BCUT2D eigenvalue weighted by Gasteiger charge is 2.09. The van der Waals surface area contributed by atoms with Crippen molar-refractivity contribution < 1.29 is 0 Å². The molecule has 1 aromatic rings. The van der Waals surface area contributed by atoms with Crippen molar-refractivity contribution in [3.63, 3.8) is 0 Å². The summed E-state index contributed by atoms with van der Waals surface area (Å²) in [4.78, 5) is 6.30. The molecule has 0 spiro atoms. The highest BCUT2D eigenvalue weighted by molar-refractivity contribution is 7.98. The Bertz CT molecular complexity index is 305. The van der Waals surface area contributed by atoms with Crippen molar-refractivity contribution in [2.24, 2.45) is 5.84 Å². The Kier molecular flexibility index (Phi) is 4.71. The van der Waals surface area contributed by atoms with Crippen LogP contribution in [0.2, 0.25) is 0 Å². The minimum Gasteiger partial charge on any atom is -0.371 e. The van der Waals surface area contributed by atoms with Gasteiger partial charge in [0.05, 0.1) is 0 Å². The summed E-state index contributed by atoms with van der Waals surface area (Å²) in [7, 11) is 2.08. The average Bonchev–Trinajstić information content (AvgIpc) is 2.28. The van der Waals surface area contributed by atoms with E-state index in [4.69, 9.17) is 5.84 Å². The van der Waals surface area contributed by atoms with E-state index < -0.39 is 0 Å². The summed E-state index contributed by atoms with van der Waals surface area (Å²) < 4.78 is 0. The summed E-state index contributed by atoms with van der Waals surface area (Å²) in [6.07, 6.45) is 3.87. The lowest BCUT2D eigenvalue weighted by molar-refractivity contribution is 0.765. The van der Waals surface area contributed by atoms with Gasteiger partial charge in [-0.1, -0.05) is 0 Å². The fraction of sp³-hybridized carbons (Fsp3) is 0.500. The van der Waals surface area contributed by atoms with Crippen LogP contribution in [0.1, 0.15) is 6.92 Å². The van der Waals surface area contributed by atoms with E-state index in [1.165, 1.54) is 0 Å². The van der Waals surface area contributed by atoms with Crippen molar-refractivity contribution in [1.82, 2.24) is 4.98 Å². The second-order valence-electron chi connectivity index (χ2n) is 3.46. The first-order valence-corrected chi connectivity index (χ1v) is 6.23. The Labute approximate surface area is 95.2 Å². The first-order valence-electron chi connectivity index (χ1n) is 4.83. The van der Waals surface area contributed by atoms with Crippen molar-refractivity contribution in [2.45, 2.75) is 13.0 Å². The topological polar surface area (TPSA) is 54.2 Å². The molecule has 1 rings (SSSR count). The molecule has 0 aliphatic heterocycles. The van der Waals surface area contributed by atoms with Crippen LogP contribution in [0.3, 0.4) is 0 Å². The molecule has 15 heavy (non-hydrogen) atoms. The van der Waals surface area contributed by atoms with Crippen molar-refractivity contribution in [1.29, 1.82) is 0 Å². The number of nitrogen functional groups attached to an aromatic ring is 1. The molecule has 0 fully saturated rings. The fourth-order valence-corrected chi connectivity index (χ4v) is 2.03. The van der Waals surface area contributed by atoms with Crippen LogP contribution in [-0.2, 0) is 0 Å². The van der Waals surface area contributed by atoms with Gasteiger partial charge < -0.3 is 10.3 Å². The van der Waals surface area contributed by atoms with E-state index in [2.05, 4.69) is 35.5 Å². The Morgan fingerprint density at radius 2 is 2.40 bits per heavy atom. The third-order valence-electron chi connectivity index (χ3n) is 2.37. The molecule has 0 aliphatic carbocycles. The summed E-state index contributed by atoms with van der Waals surface area (Å²) in [5, 5.41) is 0. The van der Waals surface area contributed by atoms with Crippen molar-refractivity contribution in [3.05, 3.63) is 18.3 Å². The molecule has 4 nitrogen and oxygen atoms in total. The molecule has 0 aliphatic rings. The summed E-state index contributed by atoms with van der Waals surface area (Å²) in [6.45, 7) is 2.20. The lowest BCUT2D eigenvalue weighted by Gasteiger charge is -2.26. The molecule has 84 valence electrons. The maximum absolute atomic E-state index is 5.32. The van der Waals surface area contributed by atoms with Crippen LogP contribution in [0.4, 0.5) is 11.5 Å². The number of anilines is 2. The second-order valence-corrected chi connectivity index (χ2v) is 4.37. The molecular weight excluding hydrogens is 208 g/mol. The van der Waals surface area contributed by atoms with Gasteiger partial charge in [0.2, 0.25) is 0 Å². The van der Waals surface area contributed by atoms with Crippen LogP contribution in [0.15, 0.2) is 18.3 Å². The summed E-state index contributed by atoms with van der Waals surface area (Å²) in [5.74, 6) is 7.11. The third kappa shape index (κ3) is 3.28. The molecule has 0 radical (unpaired) electrons. The van der Waals surface area contributed by atoms with Crippen LogP contribution in [0, 0.1) is 0 Å². The van der Waals surface area contributed by atoms with Crippen LogP contribution >= 0.6 is 11.8 Å². The Balaban J connectivity index is 2.76. The third-order valence-corrected chi connectivity index (χ3v) is 3.18. The largest absolute Gasteiger partial charge is 0.371 e. The molecule has 1 atom stereocenters. The average molecular weight is 226 g/mol. The molecule has 0 aromatic carbocycles. The zero-order chi connectivity index (χ0) is 11.3. The van der Waals surface area contributed by atoms with Crippen molar-refractivity contribution >= 4 is 23.3 Å². The van der Waals surface area contributed by atoms with Gasteiger partial charge in [-0.25, -0.2) is 10.8 Å². The first-order chi connectivity index (χ1) is 7.19. The number of hydrogen-bond donors (Lipinski definition) is 2. The summed E-state index contributed by atoms with van der Waals surface area (Å²) in [6, 6.07) is 4.42. The van der Waals surface area contributed by atoms with Gasteiger partial charge in [0.1, 0.15) is 5.82 Å². The summed E-state index contributed by atoms with van der Waals surface area (Å²) in [5.41, 5.74) is 3.67. The van der Waals surface area contributed by atoms with E-state index in [0.29, 0.717) is 11.9 Å². The van der Waals surface area contributed by atoms with Crippen LogP contribution < -0.4 is 16.2 Å². The van der Waals surface area contributed by atoms with Crippen LogP contribution in [0.5, 0.6) is 0 Å². The maximum atomic E-state index is 5.32. The zero-order valence-electron chi connectivity index (χ0n) is 9.40. The van der Waals surface area contributed by atoms with Gasteiger partial charge in [-0.15, -0.1) is 0 Å². The number of pyridine rings is 1. The highest BCUT2D eigenvalue weighted by Crippen LogP contribution is 2.18. The van der Waals surface area contributed by atoms with Crippen LogP contribution in [-0.4, -0.2) is 30.1 Å². The SMILES string of the molecule is CSCC(C)N(C)c1ccnc(NN)c1. The molecule has 3 N–H and O–H groups in total. The van der Waals surface area contributed by atoms with Gasteiger partial charge in [-0.3, -0.25) is 0 Å². The zero-order valence-corrected chi connectivity index (χ0v) is 10.2. The number of thioether (sulfide) groups is 1. The lowest BCUT2D eigenvalue weighted by atomic mass is 10.3. The number of aromatic nitrogens is 1. The van der Waals surface area contributed by atoms with Gasteiger partial charge in [-0.05, 0) is 19.2 Å². The number of hydrazine groups is 1. The molecule has 1 heterocycles. The van der Waals surface area contributed by atoms with E-state index in [1.807, 2.05) is 23.9 Å². The molecule has 0 amide bonds. The van der Waals surface area contributed by atoms with Crippen molar-refractivity contribution in [3.8, 4) is 0 Å². The van der Waals surface area contributed by atoms with Gasteiger partial charge in [0, 0.05) is 36.8 Å². The number of nitrogens with two attached hydrogens (primary N) is 1. The Morgan fingerprint density at radius 1 is 1.67 bits per heavy atom. The maximum Gasteiger partial charge on any atom is 0.141 e. The van der Waals surface area contributed by atoms with Crippen LogP contribution in [0.25, 0.3) is 0 Å². The monoisotopic (exact) mass is 226 g/mol. The van der Waals surface area contributed by atoms with E-state index in [0.717, 1.165) is 11.4 Å². The predicted octanol–water partition coefficient (Wildman–Crippen LogP) is 1.55. The lowest BCUT2D eigenvalue weighted by Crippen LogP contribution is -2.30. The van der Waals surface area contributed by atoms with E-state index in [-0.39, 0.29) is 0 Å². The quantitative estimate of drug-likeness (QED) is 0.589. The van der Waals surface area contributed by atoms with E-state index in [1.54, 1.807) is 6.20 Å². The second kappa shape index (κ2) is 5.82. The molecular formula is C10H18N4S. The number of hydrogen-bond acceptors (Lipinski definition) is 5. The van der Waals surface area contributed by atoms with Crippen molar-refractivity contribution in [2.75, 3.05) is 29.4 Å². The molecule has 0 saturated heterocycles. The molecule has 0 bridgehead atoms. The van der Waals surface area contributed by atoms with E-state index in [9.17, 15) is 0 Å². The molecule has 0 saturated carbocycles. The summed E-state index contributed by atoms with van der Waals surface area (Å²) >= 11 is 1.85. The minimum atomic E-state index is 0.494. The minimum absolute atomic E-state index is 0.494. The Hall–Kier alpha value is -0.940. The highest BCUT2D eigenvalue weighted by atomic mass is 32.2. The standard InChI is InChI=1S/C10H18N4S/c1-8(7-15-3)14(2)9-4-5-12-10(6-9)13-11/h4-6,8H,7,11H2,1-3H3,(H,12,13). The van der Waals surface area contributed by atoms with Gasteiger partial charge >= 0.3 is 0 Å². The van der Waals surface area contributed by atoms with Gasteiger partial charge in [-0.2, -0.15) is 11.8 Å². The van der Waals surface area contributed by atoms with Gasteiger partial charge in [0.25, 0.3) is 0 Å². The first kappa shape index (κ1) is 12.1. The fourth-order valence-electron chi connectivity index (χ4n) is 1.33. The van der Waals surface area contributed by atoms with Gasteiger partial charge in [0.15, 0.2) is 0 Å². The predicted molar refractivity (Wildman–Crippen MR) is 68.3 cm³/mol. The number of nitrogens with zero attached hydrogens (tertiary/aromatic N) is 2. The molecule has 5 heteroatoms.